The first-order valence-corrected chi connectivity index (χ1v) is 6.65. The Morgan fingerprint density at radius 3 is 2.65 bits per heavy atom. The van der Waals surface area contributed by atoms with Crippen LogP contribution in [0.4, 0.5) is 5.69 Å². The van der Waals surface area contributed by atoms with Crippen LogP contribution in [0.1, 0.15) is 20.3 Å². The van der Waals surface area contributed by atoms with Gasteiger partial charge in [0.05, 0.1) is 19.4 Å². The number of ether oxygens (including phenoxy) is 1. The van der Waals surface area contributed by atoms with E-state index in [1.165, 1.54) is 0 Å². The van der Waals surface area contributed by atoms with Crippen molar-refractivity contribution in [3.8, 4) is 5.75 Å². The number of amides is 1. The first kappa shape index (κ1) is 16.5. The molecule has 20 heavy (non-hydrogen) atoms. The van der Waals surface area contributed by atoms with Gasteiger partial charge in [-0.25, -0.2) is 0 Å². The number of rotatable bonds is 7. The molecule has 0 saturated carbocycles. The number of aliphatic hydroxyl groups excluding tert-OH is 1. The summed E-state index contributed by atoms with van der Waals surface area (Å²) in [7, 11) is 3.47. The molecule has 0 heterocycles. The first-order valence-electron chi connectivity index (χ1n) is 6.65. The van der Waals surface area contributed by atoms with Gasteiger partial charge in [-0.1, -0.05) is 12.1 Å². The Kier molecular flexibility index (Phi) is 5.98. The molecule has 0 bridgehead atoms. The van der Waals surface area contributed by atoms with Crippen molar-refractivity contribution in [3.05, 3.63) is 24.3 Å². The lowest BCUT2D eigenvalue weighted by molar-refractivity contribution is -0.116. The maximum absolute atomic E-state index is 11.9. The van der Waals surface area contributed by atoms with Crippen LogP contribution in [0.25, 0.3) is 0 Å². The van der Waals surface area contributed by atoms with Crippen LogP contribution in [-0.2, 0) is 4.79 Å². The molecule has 0 aliphatic carbocycles. The highest BCUT2D eigenvalue weighted by Gasteiger charge is 2.22. The highest BCUT2D eigenvalue weighted by Crippen LogP contribution is 2.23. The number of nitrogens with one attached hydrogen (secondary N) is 1. The molecule has 0 saturated heterocycles. The number of carbonyl (C=O) groups excluding carboxylic acids is 1. The average molecular weight is 280 g/mol. The number of hydrogen-bond acceptors (Lipinski definition) is 4. The summed E-state index contributed by atoms with van der Waals surface area (Å²) in [5.74, 6) is 0.569. The van der Waals surface area contributed by atoms with Crippen LogP contribution in [0.5, 0.6) is 5.75 Å². The topological polar surface area (TPSA) is 61.8 Å². The van der Waals surface area contributed by atoms with Crippen LogP contribution >= 0.6 is 0 Å². The van der Waals surface area contributed by atoms with Gasteiger partial charge in [0.25, 0.3) is 0 Å². The summed E-state index contributed by atoms with van der Waals surface area (Å²) in [5.41, 5.74) is 0.342. The summed E-state index contributed by atoms with van der Waals surface area (Å²) in [6.45, 7) is 4.50. The Labute approximate surface area is 120 Å². The number of likely N-dealkylation sites (N-methyl/N-ethyl adjacent to an activating group) is 1. The number of anilines is 1. The zero-order valence-electron chi connectivity index (χ0n) is 12.6. The van der Waals surface area contributed by atoms with E-state index >= 15 is 0 Å². The van der Waals surface area contributed by atoms with Crippen molar-refractivity contribution in [2.45, 2.75) is 25.8 Å². The molecule has 5 heteroatoms. The molecule has 0 aliphatic rings. The zero-order valence-corrected chi connectivity index (χ0v) is 12.6. The molecular weight excluding hydrogens is 256 g/mol. The second-order valence-corrected chi connectivity index (χ2v) is 5.39. The molecule has 112 valence electrons. The SMILES string of the molecule is COc1ccccc1NC(=O)CCN(C)C(C)(C)CO. The second kappa shape index (κ2) is 7.26. The van der Waals surface area contributed by atoms with Gasteiger partial charge in [-0.2, -0.15) is 0 Å². The van der Waals surface area contributed by atoms with E-state index in [-0.39, 0.29) is 18.1 Å². The lowest BCUT2D eigenvalue weighted by Crippen LogP contribution is -2.45. The smallest absolute Gasteiger partial charge is 0.225 e. The van der Waals surface area contributed by atoms with Crippen molar-refractivity contribution >= 4 is 11.6 Å². The van der Waals surface area contributed by atoms with Crippen LogP contribution in [0.3, 0.4) is 0 Å². The molecule has 0 radical (unpaired) electrons. The predicted octanol–water partition coefficient (Wildman–Crippen LogP) is 1.73. The van der Waals surface area contributed by atoms with E-state index in [1.807, 2.05) is 37.9 Å². The molecule has 1 aromatic carbocycles. The Morgan fingerprint density at radius 1 is 1.40 bits per heavy atom. The molecule has 2 N–H and O–H groups in total. The Morgan fingerprint density at radius 2 is 2.05 bits per heavy atom. The van der Waals surface area contributed by atoms with Gasteiger partial charge in [0.2, 0.25) is 5.91 Å². The largest absolute Gasteiger partial charge is 0.495 e. The number of methoxy groups -OCH3 is 1. The van der Waals surface area contributed by atoms with E-state index in [4.69, 9.17) is 4.74 Å². The summed E-state index contributed by atoms with van der Waals surface area (Å²) < 4.78 is 5.19. The van der Waals surface area contributed by atoms with E-state index in [1.54, 1.807) is 19.2 Å². The van der Waals surface area contributed by atoms with Gasteiger partial charge in [-0.3, -0.25) is 9.69 Å². The standard InChI is InChI=1S/C15H24N2O3/c1-15(2,11-18)17(3)10-9-14(19)16-12-7-5-6-8-13(12)20-4/h5-8,18H,9-11H2,1-4H3,(H,16,19). The van der Waals surface area contributed by atoms with Crippen LogP contribution in [0, 0.1) is 0 Å². The Balaban J connectivity index is 2.52. The maximum Gasteiger partial charge on any atom is 0.225 e. The summed E-state index contributed by atoms with van der Waals surface area (Å²) in [6.07, 6.45) is 0.359. The fraction of sp³-hybridized carbons (Fsp3) is 0.533. The number of hydrogen-bond donors (Lipinski definition) is 2. The summed E-state index contributed by atoms with van der Waals surface area (Å²) >= 11 is 0. The van der Waals surface area contributed by atoms with E-state index in [0.29, 0.717) is 24.4 Å². The van der Waals surface area contributed by atoms with E-state index in [9.17, 15) is 9.90 Å². The molecule has 1 rings (SSSR count). The minimum Gasteiger partial charge on any atom is -0.495 e. The Hall–Kier alpha value is -1.59. The summed E-state index contributed by atoms with van der Waals surface area (Å²) in [5, 5.41) is 12.1. The van der Waals surface area contributed by atoms with E-state index in [2.05, 4.69) is 5.32 Å². The fourth-order valence-corrected chi connectivity index (χ4v) is 1.65. The summed E-state index contributed by atoms with van der Waals surface area (Å²) in [4.78, 5) is 13.9. The molecule has 1 aromatic rings. The Bertz CT molecular complexity index is 446. The van der Waals surface area contributed by atoms with Crippen molar-refractivity contribution in [1.82, 2.24) is 4.90 Å². The van der Waals surface area contributed by atoms with E-state index in [0.717, 1.165) is 0 Å². The maximum atomic E-state index is 11.9. The van der Waals surface area contributed by atoms with Crippen molar-refractivity contribution in [1.29, 1.82) is 0 Å². The highest BCUT2D eigenvalue weighted by molar-refractivity contribution is 5.92. The molecule has 0 unspecified atom stereocenters. The second-order valence-electron chi connectivity index (χ2n) is 5.39. The normalized spacial score (nSPS) is 11.5. The fourth-order valence-electron chi connectivity index (χ4n) is 1.65. The van der Waals surface area contributed by atoms with E-state index < -0.39 is 0 Å². The van der Waals surface area contributed by atoms with Crippen molar-refractivity contribution in [2.75, 3.05) is 32.6 Å². The number of para-hydroxylation sites is 2. The minimum atomic E-state index is -0.329. The zero-order chi connectivity index (χ0) is 15.2. The van der Waals surface area contributed by atoms with Gasteiger partial charge in [-0.05, 0) is 33.0 Å². The molecular formula is C15H24N2O3. The molecule has 0 spiro atoms. The van der Waals surface area contributed by atoms with Crippen molar-refractivity contribution < 1.29 is 14.6 Å². The number of benzene rings is 1. The average Bonchev–Trinajstić information content (AvgIpc) is 2.45. The van der Waals surface area contributed by atoms with Crippen molar-refractivity contribution in [2.24, 2.45) is 0 Å². The van der Waals surface area contributed by atoms with Gasteiger partial charge in [0, 0.05) is 18.5 Å². The van der Waals surface area contributed by atoms with Crippen LogP contribution in [-0.4, -0.2) is 48.8 Å². The molecule has 0 aliphatic heterocycles. The number of nitrogens with zero attached hydrogens (tertiary/aromatic N) is 1. The third-order valence-corrected chi connectivity index (χ3v) is 3.48. The third kappa shape index (κ3) is 4.51. The summed E-state index contributed by atoms with van der Waals surface area (Å²) in [6, 6.07) is 7.31. The highest BCUT2D eigenvalue weighted by atomic mass is 16.5. The quantitative estimate of drug-likeness (QED) is 0.798. The molecule has 5 nitrogen and oxygen atoms in total. The molecule has 0 aromatic heterocycles. The lowest BCUT2D eigenvalue weighted by atomic mass is 10.1. The molecule has 0 fully saturated rings. The third-order valence-electron chi connectivity index (χ3n) is 3.48. The van der Waals surface area contributed by atoms with Gasteiger partial charge in [0.15, 0.2) is 0 Å². The lowest BCUT2D eigenvalue weighted by Gasteiger charge is -2.33. The van der Waals surface area contributed by atoms with Crippen LogP contribution in [0.2, 0.25) is 0 Å². The van der Waals surface area contributed by atoms with Gasteiger partial charge < -0.3 is 15.2 Å². The first-order chi connectivity index (χ1) is 9.40. The van der Waals surface area contributed by atoms with Gasteiger partial charge in [0.1, 0.15) is 5.75 Å². The minimum absolute atomic E-state index is 0.0532. The molecule has 1 amide bonds. The number of aliphatic hydroxyl groups is 1. The van der Waals surface area contributed by atoms with Gasteiger partial charge in [-0.15, -0.1) is 0 Å². The van der Waals surface area contributed by atoms with Crippen LogP contribution in [0.15, 0.2) is 24.3 Å². The van der Waals surface area contributed by atoms with Crippen LogP contribution < -0.4 is 10.1 Å². The molecule has 0 atom stereocenters. The van der Waals surface area contributed by atoms with Crippen molar-refractivity contribution in [3.63, 3.8) is 0 Å². The number of carbonyl (C=O) groups is 1. The predicted molar refractivity (Wildman–Crippen MR) is 80.0 cm³/mol. The monoisotopic (exact) mass is 280 g/mol. The van der Waals surface area contributed by atoms with Gasteiger partial charge >= 0.3 is 0 Å².